The van der Waals surface area contributed by atoms with Gasteiger partial charge < -0.3 is 40.5 Å². The Kier molecular flexibility index (Phi) is 4.89. The summed E-state index contributed by atoms with van der Waals surface area (Å²) in [6.45, 7) is -0.913. The van der Waals surface area contributed by atoms with Crippen LogP contribution in [-0.2, 0) is 4.74 Å². The molecule has 2 aliphatic carbocycles. The standard InChI is InChI=1S/C22H24O9/c1-31-19(27)13-4-2-12(3-5-13)17-20(28,15(25)10-23)22(30)16(18(26)21(17,22)29)11-6-8-14(24)9-7-11/h2-9,15-18,23-26,28-30H,10H2,1H3/t15-,16?,17?,18?,20+,21+,22+/m1/s1. The number of rotatable bonds is 5. The smallest absolute Gasteiger partial charge is 0.337 e. The van der Waals surface area contributed by atoms with Crippen molar-refractivity contribution in [2.45, 2.75) is 40.8 Å². The summed E-state index contributed by atoms with van der Waals surface area (Å²) in [5.74, 6) is -3.23. The number of hydrogen-bond donors (Lipinski definition) is 7. The Morgan fingerprint density at radius 2 is 1.58 bits per heavy atom. The molecule has 31 heavy (non-hydrogen) atoms. The molecule has 0 heterocycles. The summed E-state index contributed by atoms with van der Waals surface area (Å²) < 4.78 is 4.64. The van der Waals surface area contributed by atoms with Crippen LogP contribution in [0.5, 0.6) is 5.75 Å². The summed E-state index contributed by atoms with van der Waals surface area (Å²) in [5, 5.41) is 74.6. The molecule has 2 aliphatic rings. The van der Waals surface area contributed by atoms with E-state index in [2.05, 4.69) is 4.74 Å². The SMILES string of the molecule is COC(=O)c1ccc(C2[C@]3(O)C(O)C(c4ccc(O)cc4)[C@]3(O)[C@]2(O)[C@H](O)CO)cc1. The topological polar surface area (TPSA) is 168 Å². The maximum absolute atomic E-state index is 11.7. The summed E-state index contributed by atoms with van der Waals surface area (Å²) in [4.78, 5) is 11.7. The fraction of sp³-hybridized carbons (Fsp3) is 0.409. The molecule has 2 saturated carbocycles. The molecule has 4 rings (SSSR count). The highest BCUT2D eigenvalue weighted by molar-refractivity contribution is 5.89. The molecule has 0 aromatic heterocycles. The van der Waals surface area contributed by atoms with Crippen LogP contribution in [-0.4, -0.2) is 84.4 Å². The van der Waals surface area contributed by atoms with Gasteiger partial charge in [-0.05, 0) is 35.4 Å². The zero-order valence-electron chi connectivity index (χ0n) is 16.6. The average molecular weight is 432 g/mol. The molecular weight excluding hydrogens is 408 g/mol. The normalized spacial score (nSPS) is 37.2. The Hall–Kier alpha value is -2.53. The van der Waals surface area contributed by atoms with Crippen molar-refractivity contribution < 1.29 is 45.3 Å². The first-order chi connectivity index (χ1) is 14.6. The highest BCUT2D eigenvalue weighted by Crippen LogP contribution is 2.75. The molecule has 7 atom stereocenters. The maximum Gasteiger partial charge on any atom is 0.337 e. The number of carbonyl (C=O) groups excluding carboxylic acids is 1. The van der Waals surface area contributed by atoms with Crippen LogP contribution in [0.25, 0.3) is 0 Å². The number of esters is 1. The number of aliphatic hydroxyl groups is 6. The van der Waals surface area contributed by atoms with Gasteiger partial charge in [0.25, 0.3) is 0 Å². The zero-order chi connectivity index (χ0) is 22.8. The van der Waals surface area contributed by atoms with E-state index in [-0.39, 0.29) is 16.9 Å². The van der Waals surface area contributed by atoms with Crippen LogP contribution in [0.3, 0.4) is 0 Å². The van der Waals surface area contributed by atoms with E-state index < -0.39 is 53.4 Å². The first-order valence-corrected chi connectivity index (χ1v) is 9.70. The molecule has 9 nitrogen and oxygen atoms in total. The summed E-state index contributed by atoms with van der Waals surface area (Å²) >= 11 is 0. The fourth-order valence-corrected chi connectivity index (χ4v) is 5.43. The van der Waals surface area contributed by atoms with Crippen LogP contribution in [0.1, 0.15) is 33.3 Å². The third-order valence-corrected chi connectivity index (χ3v) is 6.92. The lowest BCUT2D eigenvalue weighted by atomic mass is 9.30. The summed E-state index contributed by atoms with van der Waals surface area (Å²) in [6.07, 6.45) is -3.38. The van der Waals surface area contributed by atoms with Gasteiger partial charge in [0.15, 0.2) is 0 Å². The van der Waals surface area contributed by atoms with E-state index in [0.717, 1.165) is 0 Å². The minimum Gasteiger partial charge on any atom is -0.508 e. The van der Waals surface area contributed by atoms with Crippen molar-refractivity contribution in [3.05, 3.63) is 65.2 Å². The van der Waals surface area contributed by atoms with Crippen molar-refractivity contribution in [3.63, 3.8) is 0 Å². The second-order valence-corrected chi connectivity index (χ2v) is 8.18. The predicted octanol–water partition coefficient (Wildman–Crippen LogP) is -1.02. The van der Waals surface area contributed by atoms with Gasteiger partial charge in [-0.1, -0.05) is 24.3 Å². The fourth-order valence-electron chi connectivity index (χ4n) is 5.43. The van der Waals surface area contributed by atoms with Crippen molar-refractivity contribution in [3.8, 4) is 5.75 Å². The zero-order valence-corrected chi connectivity index (χ0v) is 16.6. The Balaban J connectivity index is 1.80. The molecule has 0 saturated heterocycles. The number of fused-ring (bicyclic) bond motifs is 1. The van der Waals surface area contributed by atoms with Gasteiger partial charge in [0.2, 0.25) is 0 Å². The number of carbonyl (C=O) groups is 1. The number of phenols is 1. The van der Waals surface area contributed by atoms with Crippen molar-refractivity contribution in [1.29, 1.82) is 0 Å². The minimum atomic E-state index is -2.43. The van der Waals surface area contributed by atoms with Crippen LogP contribution in [0, 0.1) is 0 Å². The van der Waals surface area contributed by atoms with E-state index in [9.17, 15) is 40.5 Å². The number of ether oxygens (including phenoxy) is 1. The van der Waals surface area contributed by atoms with E-state index >= 15 is 0 Å². The molecule has 166 valence electrons. The molecular formula is C22H24O9. The number of benzene rings is 2. The van der Waals surface area contributed by atoms with Gasteiger partial charge in [0.1, 0.15) is 28.7 Å². The molecule has 0 bridgehead atoms. The van der Waals surface area contributed by atoms with Crippen LogP contribution < -0.4 is 0 Å². The van der Waals surface area contributed by atoms with Crippen molar-refractivity contribution in [1.82, 2.24) is 0 Å². The summed E-state index contributed by atoms with van der Waals surface area (Å²) in [6, 6.07) is 11.1. The quantitative estimate of drug-likeness (QED) is 0.293. The molecule has 9 heteroatoms. The second-order valence-electron chi connectivity index (χ2n) is 8.18. The third kappa shape index (κ3) is 2.44. The molecule has 3 unspecified atom stereocenters. The molecule has 0 radical (unpaired) electrons. The van der Waals surface area contributed by atoms with Gasteiger partial charge in [0, 0.05) is 5.92 Å². The van der Waals surface area contributed by atoms with Crippen LogP contribution >= 0.6 is 0 Å². The number of aromatic hydroxyl groups is 1. The van der Waals surface area contributed by atoms with E-state index in [1.165, 1.54) is 55.6 Å². The lowest BCUT2D eigenvalue weighted by Gasteiger charge is -2.80. The Bertz CT molecular complexity index is 991. The van der Waals surface area contributed by atoms with Gasteiger partial charge in [-0.15, -0.1) is 0 Å². The first kappa shape index (κ1) is 21.7. The van der Waals surface area contributed by atoms with Gasteiger partial charge in [-0.3, -0.25) is 0 Å². The average Bonchev–Trinajstić information content (AvgIpc) is 2.79. The van der Waals surface area contributed by atoms with Gasteiger partial charge >= 0.3 is 5.97 Å². The van der Waals surface area contributed by atoms with E-state index in [1.807, 2.05) is 0 Å². The lowest BCUT2D eigenvalue weighted by molar-refractivity contribution is -0.459. The van der Waals surface area contributed by atoms with Gasteiger partial charge in [-0.2, -0.15) is 0 Å². The molecule has 0 spiro atoms. The predicted molar refractivity (Wildman–Crippen MR) is 105 cm³/mol. The summed E-state index contributed by atoms with van der Waals surface area (Å²) in [7, 11) is 1.22. The minimum absolute atomic E-state index is 0.0531. The number of phenolic OH excluding ortho intramolecular Hbond substituents is 1. The number of hydrogen-bond acceptors (Lipinski definition) is 9. The highest BCUT2D eigenvalue weighted by atomic mass is 16.5. The molecule has 0 amide bonds. The number of aliphatic hydroxyl groups excluding tert-OH is 3. The largest absolute Gasteiger partial charge is 0.508 e. The second kappa shape index (κ2) is 6.99. The number of methoxy groups -OCH3 is 1. The monoisotopic (exact) mass is 432 g/mol. The highest BCUT2D eigenvalue weighted by Gasteiger charge is 2.93. The Labute approximate surface area is 177 Å². The van der Waals surface area contributed by atoms with Gasteiger partial charge in [0.05, 0.1) is 31.3 Å². The molecule has 2 aromatic rings. The Morgan fingerprint density at radius 1 is 1.03 bits per heavy atom. The Morgan fingerprint density at radius 3 is 2.10 bits per heavy atom. The molecule has 2 fully saturated rings. The van der Waals surface area contributed by atoms with Crippen LogP contribution in [0.2, 0.25) is 0 Å². The van der Waals surface area contributed by atoms with E-state index in [1.54, 1.807) is 0 Å². The van der Waals surface area contributed by atoms with E-state index in [4.69, 9.17) is 0 Å². The van der Waals surface area contributed by atoms with Crippen LogP contribution in [0.4, 0.5) is 0 Å². The first-order valence-electron chi connectivity index (χ1n) is 9.70. The molecule has 0 aliphatic heterocycles. The van der Waals surface area contributed by atoms with Crippen molar-refractivity contribution in [2.24, 2.45) is 0 Å². The van der Waals surface area contributed by atoms with E-state index in [0.29, 0.717) is 5.56 Å². The maximum atomic E-state index is 11.7. The van der Waals surface area contributed by atoms with Crippen molar-refractivity contribution in [2.75, 3.05) is 13.7 Å². The van der Waals surface area contributed by atoms with Crippen LogP contribution in [0.15, 0.2) is 48.5 Å². The third-order valence-electron chi connectivity index (χ3n) is 6.92. The van der Waals surface area contributed by atoms with Crippen molar-refractivity contribution >= 4 is 5.97 Å². The van der Waals surface area contributed by atoms with Gasteiger partial charge in [-0.25, -0.2) is 4.79 Å². The molecule has 2 aromatic carbocycles. The lowest BCUT2D eigenvalue weighted by Crippen LogP contribution is -2.99. The molecule has 7 N–H and O–H groups in total. The summed E-state index contributed by atoms with van der Waals surface area (Å²) in [5.41, 5.74) is -6.31.